The molecule has 1 amide bonds. The summed E-state index contributed by atoms with van der Waals surface area (Å²) in [5.41, 5.74) is 7.45. The molecule has 2 unspecified atom stereocenters. The Morgan fingerprint density at radius 2 is 2.24 bits per heavy atom. The van der Waals surface area contributed by atoms with Crippen LogP contribution in [0.1, 0.15) is 32.6 Å². The smallest absolute Gasteiger partial charge is 0.229 e. The van der Waals surface area contributed by atoms with E-state index in [0.717, 1.165) is 42.3 Å². The van der Waals surface area contributed by atoms with Gasteiger partial charge in [-0.05, 0) is 31.9 Å². The molecule has 3 rings (SSSR count). The number of nitrogens with one attached hydrogen (secondary N) is 1. The van der Waals surface area contributed by atoms with Gasteiger partial charge in [-0.3, -0.25) is 14.8 Å². The SMILES string of the molecule is CC1(N)CCCCC1C(=O)Nc1ccnc2ccncc12. The summed E-state index contributed by atoms with van der Waals surface area (Å²) >= 11 is 0. The van der Waals surface area contributed by atoms with Crippen LogP contribution in [0.2, 0.25) is 0 Å². The molecule has 3 N–H and O–H groups in total. The summed E-state index contributed by atoms with van der Waals surface area (Å²) in [6.07, 6.45) is 9.01. The lowest BCUT2D eigenvalue weighted by Crippen LogP contribution is -2.51. The monoisotopic (exact) mass is 284 g/mol. The van der Waals surface area contributed by atoms with Crippen molar-refractivity contribution in [2.45, 2.75) is 38.1 Å². The number of pyridine rings is 2. The first-order chi connectivity index (χ1) is 10.1. The normalized spacial score (nSPS) is 25.7. The molecule has 21 heavy (non-hydrogen) atoms. The van der Waals surface area contributed by atoms with E-state index in [2.05, 4.69) is 15.3 Å². The molecule has 1 aliphatic carbocycles. The van der Waals surface area contributed by atoms with Crippen molar-refractivity contribution in [3.63, 3.8) is 0 Å². The summed E-state index contributed by atoms with van der Waals surface area (Å²) in [6, 6.07) is 3.64. The van der Waals surface area contributed by atoms with Crippen LogP contribution in [0.3, 0.4) is 0 Å². The predicted octanol–water partition coefficient (Wildman–Crippen LogP) is 2.48. The molecule has 2 heterocycles. The fourth-order valence-corrected chi connectivity index (χ4v) is 3.11. The molecule has 2 aromatic rings. The highest BCUT2D eigenvalue weighted by Crippen LogP contribution is 2.33. The summed E-state index contributed by atoms with van der Waals surface area (Å²) < 4.78 is 0. The number of amides is 1. The van der Waals surface area contributed by atoms with Crippen molar-refractivity contribution < 1.29 is 4.79 Å². The van der Waals surface area contributed by atoms with Gasteiger partial charge < -0.3 is 11.1 Å². The Morgan fingerprint density at radius 3 is 3.05 bits per heavy atom. The molecule has 0 aliphatic heterocycles. The molecule has 0 bridgehead atoms. The summed E-state index contributed by atoms with van der Waals surface area (Å²) in [7, 11) is 0. The standard InChI is InChI=1S/C16H20N4O/c1-16(17)7-3-2-4-12(16)15(21)20-14-6-9-19-13-5-8-18-10-11(13)14/h5-6,8-10,12H,2-4,7,17H2,1H3,(H,19,20,21). The summed E-state index contributed by atoms with van der Waals surface area (Å²) in [5, 5.41) is 3.86. The number of hydrogen-bond acceptors (Lipinski definition) is 4. The molecule has 1 saturated carbocycles. The first-order valence-electron chi connectivity index (χ1n) is 7.36. The van der Waals surface area contributed by atoms with Crippen LogP contribution in [0.4, 0.5) is 5.69 Å². The maximum Gasteiger partial charge on any atom is 0.229 e. The maximum atomic E-state index is 12.6. The van der Waals surface area contributed by atoms with E-state index in [1.807, 2.05) is 13.0 Å². The first kappa shape index (κ1) is 13.9. The molecule has 110 valence electrons. The molecule has 2 aromatic heterocycles. The van der Waals surface area contributed by atoms with Gasteiger partial charge in [-0.2, -0.15) is 0 Å². The van der Waals surface area contributed by atoms with Gasteiger partial charge in [0.2, 0.25) is 5.91 Å². The Hall–Kier alpha value is -2.01. The number of anilines is 1. The fourth-order valence-electron chi connectivity index (χ4n) is 3.11. The van der Waals surface area contributed by atoms with Crippen LogP contribution in [0, 0.1) is 5.92 Å². The highest BCUT2D eigenvalue weighted by molar-refractivity contribution is 6.01. The second kappa shape index (κ2) is 5.41. The van der Waals surface area contributed by atoms with Crippen LogP contribution in [-0.2, 0) is 4.79 Å². The largest absolute Gasteiger partial charge is 0.325 e. The zero-order chi connectivity index (χ0) is 14.9. The average molecular weight is 284 g/mol. The van der Waals surface area contributed by atoms with Crippen molar-refractivity contribution in [1.29, 1.82) is 0 Å². The van der Waals surface area contributed by atoms with Gasteiger partial charge >= 0.3 is 0 Å². The lowest BCUT2D eigenvalue weighted by atomic mass is 9.74. The average Bonchev–Trinajstić information content (AvgIpc) is 2.47. The van der Waals surface area contributed by atoms with Gasteiger partial charge in [0.15, 0.2) is 0 Å². The van der Waals surface area contributed by atoms with Crippen molar-refractivity contribution >= 4 is 22.5 Å². The van der Waals surface area contributed by atoms with Gasteiger partial charge in [-0.25, -0.2) is 0 Å². The van der Waals surface area contributed by atoms with E-state index in [1.54, 1.807) is 24.7 Å². The van der Waals surface area contributed by atoms with Crippen molar-refractivity contribution in [1.82, 2.24) is 9.97 Å². The van der Waals surface area contributed by atoms with E-state index in [-0.39, 0.29) is 11.8 Å². The summed E-state index contributed by atoms with van der Waals surface area (Å²) in [5.74, 6) is -0.151. The molecule has 0 spiro atoms. The van der Waals surface area contributed by atoms with Crippen molar-refractivity contribution in [2.75, 3.05) is 5.32 Å². The van der Waals surface area contributed by atoms with Crippen LogP contribution in [-0.4, -0.2) is 21.4 Å². The molecule has 5 nitrogen and oxygen atoms in total. The fraction of sp³-hybridized carbons (Fsp3) is 0.438. The van der Waals surface area contributed by atoms with Gasteiger partial charge in [-0.1, -0.05) is 12.8 Å². The number of carbonyl (C=O) groups is 1. The molecule has 0 aromatic carbocycles. The second-order valence-corrected chi connectivity index (χ2v) is 6.04. The van der Waals surface area contributed by atoms with Gasteiger partial charge in [0.25, 0.3) is 0 Å². The molecule has 0 saturated heterocycles. The molecular formula is C16H20N4O. The minimum Gasteiger partial charge on any atom is -0.325 e. The van der Waals surface area contributed by atoms with Crippen molar-refractivity contribution in [3.05, 3.63) is 30.7 Å². The highest BCUT2D eigenvalue weighted by Gasteiger charge is 2.37. The van der Waals surface area contributed by atoms with Gasteiger partial charge in [-0.15, -0.1) is 0 Å². The Kier molecular flexibility index (Phi) is 3.59. The number of fused-ring (bicyclic) bond motifs is 1. The zero-order valence-corrected chi connectivity index (χ0v) is 12.2. The molecule has 1 aliphatic rings. The molecule has 2 atom stereocenters. The van der Waals surface area contributed by atoms with E-state index < -0.39 is 5.54 Å². The van der Waals surface area contributed by atoms with Gasteiger partial charge in [0.1, 0.15) is 0 Å². The van der Waals surface area contributed by atoms with Crippen LogP contribution < -0.4 is 11.1 Å². The van der Waals surface area contributed by atoms with Gasteiger partial charge in [0, 0.05) is 29.5 Å². The van der Waals surface area contributed by atoms with Crippen LogP contribution in [0.15, 0.2) is 30.7 Å². The third kappa shape index (κ3) is 2.74. The summed E-state index contributed by atoms with van der Waals surface area (Å²) in [4.78, 5) is 21.0. The van der Waals surface area contributed by atoms with E-state index >= 15 is 0 Å². The van der Waals surface area contributed by atoms with E-state index in [9.17, 15) is 4.79 Å². The Bertz CT molecular complexity index is 663. The number of aromatic nitrogens is 2. The van der Waals surface area contributed by atoms with Gasteiger partial charge in [0.05, 0.1) is 17.1 Å². The molecule has 5 heteroatoms. The number of carbonyl (C=O) groups excluding carboxylic acids is 1. The minimum absolute atomic E-state index is 0.00365. The van der Waals surface area contributed by atoms with E-state index in [0.29, 0.717) is 0 Å². The van der Waals surface area contributed by atoms with E-state index in [1.165, 1.54) is 0 Å². The summed E-state index contributed by atoms with van der Waals surface area (Å²) in [6.45, 7) is 1.97. The number of nitrogens with zero attached hydrogens (tertiary/aromatic N) is 2. The number of hydrogen-bond donors (Lipinski definition) is 2. The van der Waals surface area contributed by atoms with Crippen LogP contribution in [0.25, 0.3) is 10.9 Å². The Balaban J connectivity index is 1.86. The predicted molar refractivity (Wildman–Crippen MR) is 82.7 cm³/mol. The Morgan fingerprint density at radius 1 is 1.38 bits per heavy atom. The number of rotatable bonds is 2. The molecular weight excluding hydrogens is 264 g/mol. The molecule has 1 fully saturated rings. The minimum atomic E-state index is -0.427. The van der Waals surface area contributed by atoms with Crippen LogP contribution in [0.5, 0.6) is 0 Å². The number of nitrogens with two attached hydrogens (primary N) is 1. The third-order valence-corrected chi connectivity index (χ3v) is 4.37. The van der Waals surface area contributed by atoms with Crippen LogP contribution >= 0.6 is 0 Å². The topological polar surface area (TPSA) is 80.9 Å². The second-order valence-electron chi connectivity index (χ2n) is 6.04. The highest BCUT2D eigenvalue weighted by atomic mass is 16.1. The van der Waals surface area contributed by atoms with Crippen molar-refractivity contribution in [2.24, 2.45) is 11.7 Å². The molecule has 0 radical (unpaired) electrons. The maximum absolute atomic E-state index is 12.6. The van der Waals surface area contributed by atoms with E-state index in [4.69, 9.17) is 5.73 Å². The lowest BCUT2D eigenvalue weighted by Gasteiger charge is -2.37. The first-order valence-corrected chi connectivity index (χ1v) is 7.36. The quantitative estimate of drug-likeness (QED) is 0.887. The lowest BCUT2D eigenvalue weighted by molar-refractivity contribution is -0.122. The zero-order valence-electron chi connectivity index (χ0n) is 12.2. The van der Waals surface area contributed by atoms with Crippen molar-refractivity contribution in [3.8, 4) is 0 Å². The third-order valence-electron chi connectivity index (χ3n) is 4.37. The Labute approximate surface area is 124 Å².